The molecule has 0 aliphatic rings. The van der Waals surface area contributed by atoms with Gasteiger partial charge in [0.25, 0.3) is 0 Å². The molecule has 98 valence electrons. The van der Waals surface area contributed by atoms with Gasteiger partial charge >= 0.3 is 0 Å². The van der Waals surface area contributed by atoms with Crippen LogP contribution in [0, 0.1) is 11.3 Å². The number of nitrogens with zero attached hydrogens (tertiary/aromatic N) is 1. The van der Waals surface area contributed by atoms with Crippen molar-refractivity contribution in [2.75, 3.05) is 23.9 Å². The Kier molecular flexibility index (Phi) is 5.36. The number of nitriles is 1. The van der Waals surface area contributed by atoms with E-state index in [-0.39, 0.29) is 4.75 Å². The number of benzene rings is 1. The first-order chi connectivity index (χ1) is 8.60. The van der Waals surface area contributed by atoms with E-state index in [1.165, 1.54) is 0 Å². The van der Waals surface area contributed by atoms with Crippen LogP contribution in [-0.2, 0) is 0 Å². The summed E-state index contributed by atoms with van der Waals surface area (Å²) in [6.45, 7) is 5.33. The lowest BCUT2D eigenvalue weighted by atomic mass is 10.0. The zero-order valence-corrected chi connectivity index (χ0v) is 12.1. The van der Waals surface area contributed by atoms with E-state index in [4.69, 9.17) is 11.0 Å². The molecule has 0 amide bonds. The average molecular weight is 263 g/mol. The average Bonchev–Trinajstić information content (AvgIpc) is 2.42. The number of hydrogen-bond acceptors (Lipinski definition) is 4. The number of anilines is 2. The molecule has 3 N–H and O–H groups in total. The molecule has 1 rings (SSSR count). The van der Waals surface area contributed by atoms with Crippen molar-refractivity contribution in [3.8, 4) is 6.07 Å². The molecule has 0 aliphatic heterocycles. The van der Waals surface area contributed by atoms with Gasteiger partial charge in [-0.15, -0.1) is 0 Å². The lowest BCUT2D eigenvalue weighted by Gasteiger charge is -2.30. The second-order valence-electron chi connectivity index (χ2n) is 4.36. The third kappa shape index (κ3) is 3.33. The van der Waals surface area contributed by atoms with Gasteiger partial charge in [0, 0.05) is 22.7 Å². The highest BCUT2D eigenvalue weighted by molar-refractivity contribution is 8.00. The van der Waals surface area contributed by atoms with E-state index in [0.29, 0.717) is 11.3 Å². The van der Waals surface area contributed by atoms with Gasteiger partial charge in [0.1, 0.15) is 6.07 Å². The maximum atomic E-state index is 8.95. The van der Waals surface area contributed by atoms with Gasteiger partial charge in [-0.3, -0.25) is 0 Å². The summed E-state index contributed by atoms with van der Waals surface area (Å²) in [5.74, 6) is 0. The van der Waals surface area contributed by atoms with Gasteiger partial charge in [0.2, 0.25) is 0 Å². The second kappa shape index (κ2) is 6.55. The Hall–Kier alpha value is -1.34. The molecular formula is C14H21N3S. The van der Waals surface area contributed by atoms with Crippen molar-refractivity contribution < 1.29 is 0 Å². The van der Waals surface area contributed by atoms with Crippen LogP contribution < -0.4 is 11.1 Å². The third-order valence-electron chi connectivity index (χ3n) is 3.51. The molecule has 0 aliphatic carbocycles. The first-order valence-electron chi connectivity index (χ1n) is 6.19. The maximum absolute atomic E-state index is 8.95. The van der Waals surface area contributed by atoms with Crippen molar-refractivity contribution in [1.82, 2.24) is 0 Å². The molecule has 0 aromatic heterocycles. The summed E-state index contributed by atoms with van der Waals surface area (Å²) in [5.41, 5.74) is 7.73. The number of nitrogens with two attached hydrogens (primary N) is 1. The Labute approximate surface area is 114 Å². The van der Waals surface area contributed by atoms with Gasteiger partial charge in [-0.05, 0) is 37.3 Å². The molecule has 0 saturated heterocycles. The van der Waals surface area contributed by atoms with Gasteiger partial charge in [0.05, 0.1) is 5.56 Å². The van der Waals surface area contributed by atoms with E-state index in [0.717, 1.165) is 25.1 Å². The summed E-state index contributed by atoms with van der Waals surface area (Å²) in [4.78, 5) is 0. The summed E-state index contributed by atoms with van der Waals surface area (Å²) in [7, 11) is 0. The molecule has 0 atom stereocenters. The van der Waals surface area contributed by atoms with Crippen molar-refractivity contribution in [3.05, 3.63) is 23.8 Å². The van der Waals surface area contributed by atoms with Crippen molar-refractivity contribution in [2.24, 2.45) is 0 Å². The lowest BCUT2D eigenvalue weighted by Crippen LogP contribution is -2.31. The molecule has 3 nitrogen and oxygen atoms in total. The molecule has 0 bridgehead atoms. The van der Waals surface area contributed by atoms with E-state index >= 15 is 0 Å². The van der Waals surface area contributed by atoms with Gasteiger partial charge < -0.3 is 11.1 Å². The molecule has 0 spiro atoms. The van der Waals surface area contributed by atoms with Crippen LogP contribution in [0.4, 0.5) is 11.4 Å². The van der Waals surface area contributed by atoms with Crippen molar-refractivity contribution in [1.29, 1.82) is 5.26 Å². The first kappa shape index (κ1) is 14.7. The zero-order valence-electron chi connectivity index (χ0n) is 11.3. The molecule has 0 fully saturated rings. The predicted molar refractivity (Wildman–Crippen MR) is 80.9 cm³/mol. The van der Waals surface area contributed by atoms with Crippen LogP contribution in [0.5, 0.6) is 0 Å². The van der Waals surface area contributed by atoms with Gasteiger partial charge in [-0.25, -0.2) is 0 Å². The Morgan fingerprint density at radius 2 is 2.06 bits per heavy atom. The molecule has 18 heavy (non-hydrogen) atoms. The normalized spacial score (nSPS) is 11.0. The van der Waals surface area contributed by atoms with Gasteiger partial charge in [-0.2, -0.15) is 17.0 Å². The minimum absolute atomic E-state index is 0.258. The summed E-state index contributed by atoms with van der Waals surface area (Å²) < 4.78 is 0.258. The minimum Gasteiger partial charge on any atom is -0.398 e. The Balaban J connectivity index is 2.77. The van der Waals surface area contributed by atoms with Crippen molar-refractivity contribution in [3.63, 3.8) is 0 Å². The van der Waals surface area contributed by atoms with Crippen LogP contribution in [0.1, 0.15) is 32.3 Å². The molecule has 0 heterocycles. The molecule has 4 heteroatoms. The number of thioether (sulfide) groups is 1. The minimum atomic E-state index is 0.258. The number of nitrogens with one attached hydrogen (secondary N) is 1. The highest BCUT2D eigenvalue weighted by atomic mass is 32.2. The van der Waals surface area contributed by atoms with E-state index < -0.39 is 0 Å². The molecular weight excluding hydrogens is 242 g/mol. The highest BCUT2D eigenvalue weighted by Crippen LogP contribution is 2.31. The topological polar surface area (TPSA) is 61.8 Å². The fraction of sp³-hybridized carbons (Fsp3) is 0.500. The van der Waals surface area contributed by atoms with Crippen molar-refractivity contribution >= 4 is 23.1 Å². The predicted octanol–water partition coefficient (Wildman–Crippen LogP) is 3.47. The van der Waals surface area contributed by atoms with Crippen LogP contribution in [0.3, 0.4) is 0 Å². The number of rotatable bonds is 6. The Bertz CT molecular complexity index is 425. The molecule has 0 radical (unpaired) electrons. The van der Waals surface area contributed by atoms with Gasteiger partial charge in [0.15, 0.2) is 0 Å². The fourth-order valence-corrected chi connectivity index (χ4v) is 2.68. The quantitative estimate of drug-likeness (QED) is 0.771. The standard InChI is InChI=1S/C14H21N3S/c1-4-14(5-2,18-3)10-17-12-6-7-13(16)11(8-12)9-15/h6-8,17H,4-5,10,16H2,1-3H3. The SMILES string of the molecule is CCC(CC)(CNc1ccc(N)c(C#N)c1)SC. The largest absolute Gasteiger partial charge is 0.398 e. The summed E-state index contributed by atoms with van der Waals surface area (Å²) in [5, 5.41) is 12.4. The van der Waals surface area contributed by atoms with Crippen LogP contribution >= 0.6 is 11.8 Å². The van der Waals surface area contributed by atoms with Gasteiger partial charge in [-0.1, -0.05) is 13.8 Å². The highest BCUT2D eigenvalue weighted by Gasteiger charge is 2.24. The first-order valence-corrected chi connectivity index (χ1v) is 7.42. The van der Waals surface area contributed by atoms with E-state index in [1.54, 1.807) is 6.07 Å². The molecule has 0 saturated carbocycles. The fourth-order valence-electron chi connectivity index (χ4n) is 1.89. The molecule has 1 aromatic rings. The van der Waals surface area contributed by atoms with Crippen LogP contribution in [-0.4, -0.2) is 17.5 Å². The summed E-state index contributed by atoms with van der Waals surface area (Å²) >= 11 is 1.90. The second-order valence-corrected chi connectivity index (χ2v) is 5.64. The molecule has 1 aromatic carbocycles. The number of nitrogen functional groups attached to an aromatic ring is 1. The maximum Gasteiger partial charge on any atom is 0.101 e. The Morgan fingerprint density at radius 3 is 2.56 bits per heavy atom. The summed E-state index contributed by atoms with van der Waals surface area (Å²) in [6.07, 6.45) is 4.40. The third-order valence-corrected chi connectivity index (χ3v) is 5.10. The van der Waals surface area contributed by atoms with Crippen LogP contribution in [0.2, 0.25) is 0 Å². The van der Waals surface area contributed by atoms with Crippen molar-refractivity contribution in [2.45, 2.75) is 31.4 Å². The monoisotopic (exact) mass is 263 g/mol. The zero-order chi connectivity index (χ0) is 13.6. The van der Waals surface area contributed by atoms with E-state index in [1.807, 2.05) is 23.9 Å². The Morgan fingerprint density at radius 1 is 1.39 bits per heavy atom. The number of hydrogen-bond donors (Lipinski definition) is 2. The van der Waals surface area contributed by atoms with Crippen LogP contribution in [0.15, 0.2) is 18.2 Å². The van der Waals surface area contributed by atoms with E-state index in [2.05, 4.69) is 31.5 Å². The lowest BCUT2D eigenvalue weighted by molar-refractivity contribution is 0.575. The summed E-state index contributed by atoms with van der Waals surface area (Å²) in [6, 6.07) is 7.62. The smallest absolute Gasteiger partial charge is 0.101 e. The van der Waals surface area contributed by atoms with Crippen LogP contribution in [0.25, 0.3) is 0 Å². The van der Waals surface area contributed by atoms with E-state index in [9.17, 15) is 0 Å². The molecule has 0 unspecified atom stereocenters.